The Morgan fingerprint density at radius 1 is 1.55 bits per heavy atom. The van der Waals surface area contributed by atoms with Crippen molar-refractivity contribution in [3.63, 3.8) is 0 Å². The first kappa shape index (κ1) is 13.2. The van der Waals surface area contributed by atoms with E-state index in [2.05, 4.69) is 10.2 Å². The minimum atomic E-state index is -0.382. The lowest BCUT2D eigenvalue weighted by Crippen LogP contribution is -2.16. The number of ether oxygens (including phenoxy) is 1. The second-order valence-electron chi connectivity index (χ2n) is 4.67. The van der Waals surface area contributed by atoms with Gasteiger partial charge in [-0.3, -0.25) is 4.57 Å². The summed E-state index contributed by atoms with van der Waals surface area (Å²) >= 11 is 1.42. The third-order valence-electron chi connectivity index (χ3n) is 3.17. The summed E-state index contributed by atoms with van der Waals surface area (Å²) in [6.07, 6.45) is 2.04. The molecule has 3 rings (SSSR count). The van der Waals surface area contributed by atoms with Crippen molar-refractivity contribution in [2.75, 3.05) is 7.11 Å². The molecule has 0 saturated heterocycles. The van der Waals surface area contributed by atoms with Crippen LogP contribution in [0.1, 0.15) is 24.4 Å². The van der Waals surface area contributed by atoms with Crippen LogP contribution in [0.2, 0.25) is 0 Å². The quantitative estimate of drug-likeness (QED) is 0.860. The average molecular weight is 295 g/mol. The minimum Gasteiger partial charge on any atom is -0.494 e. The first-order valence-corrected chi connectivity index (χ1v) is 7.29. The molecule has 106 valence electrons. The number of aromatic nitrogens is 3. The maximum absolute atomic E-state index is 13.6. The van der Waals surface area contributed by atoms with E-state index in [1.165, 1.54) is 24.9 Å². The van der Waals surface area contributed by atoms with Gasteiger partial charge in [0, 0.05) is 11.8 Å². The Balaban J connectivity index is 1.73. The molecule has 0 spiro atoms. The van der Waals surface area contributed by atoms with Gasteiger partial charge in [0.05, 0.1) is 7.11 Å². The first-order chi connectivity index (χ1) is 9.69. The molecule has 1 aromatic heterocycles. The van der Waals surface area contributed by atoms with Gasteiger partial charge in [-0.05, 0) is 30.5 Å². The van der Waals surface area contributed by atoms with Gasteiger partial charge < -0.3 is 4.74 Å². The number of benzene rings is 1. The van der Waals surface area contributed by atoms with E-state index in [9.17, 15) is 9.18 Å². The zero-order chi connectivity index (χ0) is 14.1. The molecule has 1 aliphatic rings. The Labute approximate surface area is 119 Å². The van der Waals surface area contributed by atoms with Crippen LogP contribution in [0.15, 0.2) is 28.2 Å². The maximum atomic E-state index is 13.6. The molecule has 1 N–H and O–H groups in total. The van der Waals surface area contributed by atoms with Gasteiger partial charge in [-0.15, -0.1) is 5.10 Å². The molecule has 20 heavy (non-hydrogen) atoms. The fourth-order valence-corrected chi connectivity index (χ4v) is 2.95. The highest BCUT2D eigenvalue weighted by atomic mass is 32.2. The number of halogens is 1. The topological polar surface area (TPSA) is 59.9 Å². The highest BCUT2D eigenvalue weighted by Crippen LogP contribution is 2.36. The lowest BCUT2D eigenvalue weighted by Gasteiger charge is -2.06. The SMILES string of the molecule is COc1ccc(CSc2n[nH]c(=O)n2C2CC2)cc1F. The van der Waals surface area contributed by atoms with Crippen molar-refractivity contribution in [3.8, 4) is 5.75 Å². The van der Waals surface area contributed by atoms with Crippen LogP contribution in [-0.2, 0) is 5.75 Å². The molecule has 5 nitrogen and oxygen atoms in total. The highest BCUT2D eigenvalue weighted by molar-refractivity contribution is 7.98. The zero-order valence-corrected chi connectivity index (χ0v) is 11.7. The number of H-pyrrole nitrogens is 1. The van der Waals surface area contributed by atoms with Crippen molar-refractivity contribution < 1.29 is 9.13 Å². The third kappa shape index (κ3) is 2.58. The van der Waals surface area contributed by atoms with Gasteiger partial charge in [0.2, 0.25) is 0 Å². The second-order valence-corrected chi connectivity index (χ2v) is 5.61. The van der Waals surface area contributed by atoms with Gasteiger partial charge in [0.15, 0.2) is 16.7 Å². The van der Waals surface area contributed by atoms with E-state index >= 15 is 0 Å². The third-order valence-corrected chi connectivity index (χ3v) is 4.19. The standard InChI is InChI=1S/C13H14FN3O2S/c1-19-11-5-2-8(6-10(11)14)7-20-13-16-15-12(18)17(13)9-3-4-9/h2,5-6,9H,3-4,7H2,1H3,(H,15,18). The molecule has 0 bridgehead atoms. The molecule has 0 amide bonds. The van der Waals surface area contributed by atoms with Crippen LogP contribution in [0, 0.1) is 5.82 Å². The summed E-state index contributed by atoms with van der Waals surface area (Å²) in [5.41, 5.74) is 0.655. The predicted molar refractivity (Wildman–Crippen MR) is 73.6 cm³/mol. The number of nitrogens with zero attached hydrogens (tertiary/aromatic N) is 2. The van der Waals surface area contributed by atoms with E-state index in [-0.39, 0.29) is 23.3 Å². The fourth-order valence-electron chi connectivity index (χ4n) is 1.99. The van der Waals surface area contributed by atoms with Crippen LogP contribution in [0.4, 0.5) is 4.39 Å². The molecule has 0 atom stereocenters. The zero-order valence-electron chi connectivity index (χ0n) is 10.9. The lowest BCUT2D eigenvalue weighted by molar-refractivity contribution is 0.386. The molecule has 1 aliphatic carbocycles. The number of nitrogens with one attached hydrogen (secondary N) is 1. The monoisotopic (exact) mass is 295 g/mol. The minimum absolute atomic E-state index is 0.170. The van der Waals surface area contributed by atoms with Crippen molar-refractivity contribution in [1.29, 1.82) is 0 Å². The molecular formula is C13H14FN3O2S. The number of rotatable bonds is 5. The average Bonchev–Trinajstić information content (AvgIpc) is 3.20. The molecule has 1 heterocycles. The summed E-state index contributed by atoms with van der Waals surface area (Å²) < 4.78 is 20.2. The van der Waals surface area contributed by atoms with E-state index < -0.39 is 0 Å². The summed E-state index contributed by atoms with van der Waals surface area (Å²) in [7, 11) is 1.44. The molecule has 0 aliphatic heterocycles. The molecule has 7 heteroatoms. The summed E-state index contributed by atoms with van der Waals surface area (Å²) in [5, 5.41) is 7.15. The smallest absolute Gasteiger partial charge is 0.344 e. The Hall–Kier alpha value is -1.76. The lowest BCUT2D eigenvalue weighted by atomic mass is 10.2. The van der Waals surface area contributed by atoms with Crippen molar-refractivity contribution >= 4 is 11.8 Å². The van der Waals surface area contributed by atoms with Crippen molar-refractivity contribution in [3.05, 3.63) is 40.1 Å². The fraction of sp³-hybridized carbons (Fsp3) is 0.385. The number of thioether (sulfide) groups is 1. The number of hydrogen-bond acceptors (Lipinski definition) is 4. The van der Waals surface area contributed by atoms with Crippen LogP contribution in [0.25, 0.3) is 0 Å². The predicted octanol–water partition coefficient (Wildman–Crippen LogP) is 2.35. The summed E-state index contributed by atoms with van der Waals surface area (Å²) in [4.78, 5) is 11.6. The summed E-state index contributed by atoms with van der Waals surface area (Å²) in [5.74, 6) is 0.401. The normalized spacial score (nSPS) is 14.5. The molecule has 0 unspecified atom stereocenters. The van der Waals surface area contributed by atoms with Crippen LogP contribution >= 0.6 is 11.8 Å². The number of aromatic amines is 1. The van der Waals surface area contributed by atoms with Gasteiger partial charge in [0.1, 0.15) is 0 Å². The maximum Gasteiger partial charge on any atom is 0.344 e. The van der Waals surface area contributed by atoms with E-state index in [1.54, 1.807) is 16.7 Å². The van der Waals surface area contributed by atoms with Gasteiger partial charge in [-0.25, -0.2) is 14.3 Å². The van der Waals surface area contributed by atoms with Gasteiger partial charge in [-0.2, -0.15) is 0 Å². The first-order valence-electron chi connectivity index (χ1n) is 6.31. The second kappa shape index (κ2) is 5.32. The Morgan fingerprint density at radius 3 is 3.00 bits per heavy atom. The van der Waals surface area contributed by atoms with Crippen LogP contribution in [-0.4, -0.2) is 21.9 Å². The highest BCUT2D eigenvalue weighted by Gasteiger charge is 2.28. The van der Waals surface area contributed by atoms with Crippen LogP contribution in [0.3, 0.4) is 0 Å². The van der Waals surface area contributed by atoms with E-state index in [4.69, 9.17) is 4.74 Å². The molecule has 1 fully saturated rings. The molecular weight excluding hydrogens is 281 g/mol. The van der Waals surface area contributed by atoms with Gasteiger partial charge in [-0.1, -0.05) is 17.8 Å². The number of hydrogen-bond donors (Lipinski definition) is 1. The van der Waals surface area contributed by atoms with E-state index in [1.807, 2.05) is 0 Å². The van der Waals surface area contributed by atoms with E-state index in [0.717, 1.165) is 18.4 Å². The largest absolute Gasteiger partial charge is 0.494 e. The molecule has 2 aromatic rings. The Kier molecular flexibility index (Phi) is 3.52. The van der Waals surface area contributed by atoms with Crippen molar-refractivity contribution in [1.82, 2.24) is 14.8 Å². The summed E-state index contributed by atoms with van der Waals surface area (Å²) in [6.45, 7) is 0. The molecule has 1 aromatic carbocycles. The molecule has 1 saturated carbocycles. The Bertz CT molecular complexity index is 678. The number of methoxy groups -OCH3 is 1. The van der Waals surface area contributed by atoms with Gasteiger partial charge in [0.25, 0.3) is 0 Å². The van der Waals surface area contributed by atoms with Crippen molar-refractivity contribution in [2.45, 2.75) is 29.8 Å². The summed E-state index contributed by atoms with van der Waals surface area (Å²) in [6, 6.07) is 5.12. The van der Waals surface area contributed by atoms with Crippen molar-refractivity contribution in [2.24, 2.45) is 0 Å². The van der Waals surface area contributed by atoms with E-state index in [0.29, 0.717) is 10.9 Å². The van der Waals surface area contributed by atoms with Crippen LogP contribution < -0.4 is 10.4 Å². The Morgan fingerprint density at radius 2 is 2.35 bits per heavy atom. The van der Waals surface area contributed by atoms with Crippen LogP contribution in [0.5, 0.6) is 5.75 Å². The van der Waals surface area contributed by atoms with Gasteiger partial charge >= 0.3 is 5.69 Å². The molecule has 0 radical (unpaired) electrons.